The van der Waals surface area contributed by atoms with Crippen molar-refractivity contribution in [1.82, 2.24) is 0 Å². The predicted molar refractivity (Wildman–Crippen MR) is 159 cm³/mol. The van der Waals surface area contributed by atoms with E-state index in [-0.39, 0.29) is 5.91 Å². The molecule has 0 spiro atoms. The molecule has 0 aliphatic heterocycles. The van der Waals surface area contributed by atoms with Crippen LogP contribution in [-0.2, 0) is 4.79 Å². The maximum atomic E-state index is 13.4. The summed E-state index contributed by atoms with van der Waals surface area (Å²) in [6.07, 6.45) is 0. The molecule has 4 aromatic carbocycles. The Balaban J connectivity index is 1.51. The second-order valence-corrected chi connectivity index (χ2v) is 10.3. The summed E-state index contributed by atoms with van der Waals surface area (Å²) >= 11 is 19.3. The largest absolute Gasteiger partial charge is 0.495 e. The summed E-state index contributed by atoms with van der Waals surface area (Å²) in [5.41, 5.74) is 2.86. The summed E-state index contributed by atoms with van der Waals surface area (Å²) in [5, 5.41) is 10.0. The van der Waals surface area contributed by atoms with Crippen molar-refractivity contribution < 1.29 is 9.53 Å². The van der Waals surface area contributed by atoms with Crippen molar-refractivity contribution in [2.45, 2.75) is 10.1 Å². The number of para-hydroxylation sites is 2. The molecule has 5 nitrogen and oxygen atoms in total. The van der Waals surface area contributed by atoms with Crippen LogP contribution in [0.4, 0.5) is 17.1 Å². The van der Waals surface area contributed by atoms with Gasteiger partial charge in [-0.1, -0.05) is 71.7 Å². The molecule has 0 saturated carbocycles. The van der Waals surface area contributed by atoms with Gasteiger partial charge in [-0.2, -0.15) is 0 Å². The summed E-state index contributed by atoms with van der Waals surface area (Å²) < 4.78 is 5.37. The number of methoxy groups -OCH3 is 1. The van der Waals surface area contributed by atoms with Crippen molar-refractivity contribution in [3.05, 3.63) is 113 Å². The zero-order valence-electron chi connectivity index (χ0n) is 19.7. The Morgan fingerprint density at radius 2 is 1.59 bits per heavy atom. The molecule has 4 aromatic rings. The van der Waals surface area contributed by atoms with Crippen LogP contribution in [0.25, 0.3) is 0 Å². The van der Waals surface area contributed by atoms with Gasteiger partial charge in [0.2, 0.25) is 5.91 Å². The van der Waals surface area contributed by atoms with Gasteiger partial charge in [-0.15, -0.1) is 11.8 Å². The topological polar surface area (TPSA) is 62.4 Å². The molecular formula is C28H23Cl2N3O2S2. The lowest BCUT2D eigenvalue weighted by Crippen LogP contribution is -2.20. The number of benzene rings is 4. The number of hydrogen-bond donors (Lipinski definition) is 3. The fourth-order valence-corrected chi connectivity index (χ4v) is 5.16. The predicted octanol–water partition coefficient (Wildman–Crippen LogP) is 8.28. The number of anilines is 3. The lowest BCUT2D eigenvalue weighted by Gasteiger charge is -2.18. The van der Waals surface area contributed by atoms with E-state index in [1.165, 1.54) is 11.8 Å². The highest BCUT2D eigenvalue weighted by Gasteiger charge is 2.23. The van der Waals surface area contributed by atoms with Crippen LogP contribution in [0.1, 0.15) is 10.8 Å². The van der Waals surface area contributed by atoms with Gasteiger partial charge in [0.15, 0.2) is 5.11 Å². The lowest BCUT2D eigenvalue weighted by molar-refractivity contribution is -0.115. The van der Waals surface area contributed by atoms with E-state index in [2.05, 4.69) is 16.0 Å². The molecule has 0 aromatic heterocycles. The zero-order valence-corrected chi connectivity index (χ0v) is 22.8. The van der Waals surface area contributed by atoms with Crippen LogP contribution >= 0.6 is 47.2 Å². The Labute approximate surface area is 235 Å². The molecular weight excluding hydrogens is 545 g/mol. The number of amides is 1. The monoisotopic (exact) mass is 567 g/mol. The summed E-state index contributed by atoms with van der Waals surface area (Å²) in [5.74, 6) is 0.472. The highest BCUT2D eigenvalue weighted by Crippen LogP contribution is 2.38. The van der Waals surface area contributed by atoms with Gasteiger partial charge in [0.05, 0.1) is 23.5 Å². The van der Waals surface area contributed by atoms with Crippen LogP contribution in [0.5, 0.6) is 5.75 Å². The number of hydrogen-bond acceptors (Lipinski definition) is 4. The molecule has 37 heavy (non-hydrogen) atoms. The fourth-order valence-electron chi connectivity index (χ4n) is 3.51. The Kier molecular flexibility index (Phi) is 9.30. The maximum absolute atomic E-state index is 13.4. The van der Waals surface area contributed by atoms with Gasteiger partial charge in [-0.25, -0.2) is 0 Å². The van der Waals surface area contributed by atoms with E-state index in [9.17, 15) is 4.79 Å². The summed E-state index contributed by atoms with van der Waals surface area (Å²) in [7, 11) is 1.61. The first-order chi connectivity index (χ1) is 17.9. The molecule has 188 valence electrons. The molecule has 0 bridgehead atoms. The highest BCUT2D eigenvalue weighted by atomic mass is 35.5. The average molecular weight is 569 g/mol. The fraction of sp³-hybridized carbons (Fsp3) is 0.0714. The van der Waals surface area contributed by atoms with Crippen LogP contribution in [0.3, 0.4) is 0 Å². The van der Waals surface area contributed by atoms with Gasteiger partial charge in [0.25, 0.3) is 0 Å². The van der Waals surface area contributed by atoms with E-state index in [1.54, 1.807) is 25.3 Å². The molecule has 0 radical (unpaired) electrons. The molecule has 0 aliphatic carbocycles. The third-order valence-electron chi connectivity index (χ3n) is 5.23. The number of nitrogens with one attached hydrogen (secondary N) is 3. The van der Waals surface area contributed by atoms with Gasteiger partial charge >= 0.3 is 0 Å². The standard InChI is InChI=1S/C28H23Cl2N3O2S2/c1-35-25-13-6-5-12-23(25)33-28(36)31-20-10-7-11-21(17-20)37-26(18-8-3-2-4-9-18)27(34)32-24-16-19(29)14-15-22(24)30/h2-17,26H,1H3,(H,32,34)(H2,31,33,36). The third kappa shape index (κ3) is 7.40. The normalized spacial score (nSPS) is 11.3. The second-order valence-electron chi connectivity index (χ2n) is 7.83. The first kappa shape index (κ1) is 26.8. The summed E-state index contributed by atoms with van der Waals surface area (Å²) in [6, 6.07) is 29.8. The Hall–Kier alpha value is -3.23. The van der Waals surface area contributed by atoms with Crippen molar-refractivity contribution in [1.29, 1.82) is 0 Å². The minimum atomic E-state index is -0.537. The molecule has 4 rings (SSSR count). The molecule has 9 heteroatoms. The van der Waals surface area contributed by atoms with Crippen LogP contribution in [0, 0.1) is 0 Å². The van der Waals surface area contributed by atoms with Crippen molar-refractivity contribution in [3.63, 3.8) is 0 Å². The quantitative estimate of drug-likeness (QED) is 0.147. The van der Waals surface area contributed by atoms with Crippen LogP contribution in [0.2, 0.25) is 10.0 Å². The molecule has 3 N–H and O–H groups in total. The van der Waals surface area contributed by atoms with E-state index >= 15 is 0 Å². The van der Waals surface area contributed by atoms with Gasteiger partial charge in [-0.3, -0.25) is 4.79 Å². The molecule has 1 atom stereocenters. The van der Waals surface area contributed by atoms with Crippen LogP contribution in [-0.4, -0.2) is 18.1 Å². The Bertz CT molecular complexity index is 1400. The number of rotatable bonds is 8. The second kappa shape index (κ2) is 12.8. The first-order valence-corrected chi connectivity index (χ1v) is 13.3. The third-order valence-corrected chi connectivity index (χ3v) is 7.24. The molecule has 1 unspecified atom stereocenters. The van der Waals surface area contributed by atoms with E-state index in [0.717, 1.165) is 21.8 Å². The number of thioether (sulfide) groups is 1. The summed E-state index contributed by atoms with van der Waals surface area (Å²) in [4.78, 5) is 14.3. The van der Waals surface area contributed by atoms with Crippen molar-refractivity contribution >= 4 is 75.3 Å². The molecule has 0 heterocycles. The van der Waals surface area contributed by atoms with E-state index in [0.29, 0.717) is 26.6 Å². The van der Waals surface area contributed by atoms with Crippen molar-refractivity contribution in [2.24, 2.45) is 0 Å². The van der Waals surface area contributed by atoms with Crippen molar-refractivity contribution in [3.8, 4) is 5.75 Å². The minimum absolute atomic E-state index is 0.216. The van der Waals surface area contributed by atoms with Crippen LogP contribution < -0.4 is 20.7 Å². The smallest absolute Gasteiger partial charge is 0.242 e. The average Bonchev–Trinajstić information content (AvgIpc) is 2.90. The SMILES string of the molecule is COc1ccccc1NC(=S)Nc1cccc(SC(C(=O)Nc2cc(Cl)ccc2Cl)c2ccccc2)c1. The number of carbonyl (C=O) groups excluding carboxylic acids is 1. The van der Waals surface area contributed by atoms with E-state index < -0.39 is 5.25 Å². The number of halogens is 2. The van der Waals surface area contributed by atoms with Gasteiger partial charge in [-0.05, 0) is 66.3 Å². The highest BCUT2D eigenvalue weighted by molar-refractivity contribution is 8.00. The maximum Gasteiger partial charge on any atom is 0.242 e. The molecule has 0 aliphatic rings. The molecule has 1 amide bonds. The number of thiocarbonyl (C=S) groups is 1. The Morgan fingerprint density at radius 1 is 0.838 bits per heavy atom. The number of carbonyl (C=O) groups is 1. The van der Waals surface area contributed by atoms with Gasteiger partial charge in [0.1, 0.15) is 11.0 Å². The van der Waals surface area contributed by atoms with E-state index in [4.69, 9.17) is 40.2 Å². The van der Waals surface area contributed by atoms with E-state index in [1.807, 2.05) is 78.9 Å². The van der Waals surface area contributed by atoms with Crippen molar-refractivity contribution in [2.75, 3.05) is 23.1 Å². The van der Waals surface area contributed by atoms with Gasteiger partial charge < -0.3 is 20.7 Å². The number of ether oxygens (including phenoxy) is 1. The first-order valence-electron chi connectivity index (χ1n) is 11.2. The molecule has 0 saturated heterocycles. The minimum Gasteiger partial charge on any atom is -0.495 e. The van der Waals surface area contributed by atoms with Crippen LogP contribution in [0.15, 0.2) is 102 Å². The molecule has 0 fully saturated rings. The Morgan fingerprint density at radius 3 is 2.38 bits per heavy atom. The van der Waals surface area contributed by atoms with Gasteiger partial charge in [0, 0.05) is 15.6 Å². The summed E-state index contributed by atoms with van der Waals surface area (Å²) in [6.45, 7) is 0. The zero-order chi connectivity index (χ0) is 26.2. The lowest BCUT2D eigenvalue weighted by atomic mass is 10.1.